The molecule has 0 spiro atoms. The van der Waals surface area contributed by atoms with Crippen molar-refractivity contribution >= 4 is 17.7 Å². The summed E-state index contributed by atoms with van der Waals surface area (Å²) in [4.78, 5) is 11.2. The maximum atomic E-state index is 11.2. The average molecular weight is 218 g/mol. The fraction of sp³-hybridized carbons (Fsp3) is 0.889. The molecule has 0 aliphatic carbocycles. The van der Waals surface area contributed by atoms with Crippen molar-refractivity contribution < 1.29 is 9.53 Å². The molecule has 1 rings (SSSR count). The van der Waals surface area contributed by atoms with Crippen LogP contribution in [0.25, 0.3) is 0 Å². The minimum atomic E-state index is -0.0159. The lowest BCUT2D eigenvalue weighted by atomic mass is 10.2. The van der Waals surface area contributed by atoms with E-state index in [4.69, 9.17) is 4.74 Å². The molecule has 1 atom stereocenters. The summed E-state index contributed by atoms with van der Waals surface area (Å²) in [6, 6.07) is 0. The largest absolute Gasteiger partial charge is 0.366 e. The quantitative estimate of drug-likeness (QED) is 0.650. The Bertz CT molecular complexity index is 175. The molecule has 2 N–H and O–H groups in total. The second kappa shape index (κ2) is 6.27. The molecule has 0 saturated carbocycles. The van der Waals surface area contributed by atoms with Crippen LogP contribution in [0, 0.1) is 0 Å². The van der Waals surface area contributed by atoms with Crippen LogP contribution in [0.4, 0.5) is 0 Å². The first-order valence-electron chi connectivity index (χ1n) is 4.84. The minimum absolute atomic E-state index is 0.0159. The molecule has 1 saturated heterocycles. The molecule has 1 aliphatic rings. The van der Waals surface area contributed by atoms with Crippen molar-refractivity contribution in [3.8, 4) is 0 Å². The van der Waals surface area contributed by atoms with Gasteiger partial charge >= 0.3 is 0 Å². The Morgan fingerprint density at radius 1 is 1.71 bits per heavy atom. The van der Waals surface area contributed by atoms with E-state index in [1.165, 1.54) is 0 Å². The van der Waals surface area contributed by atoms with Gasteiger partial charge in [0, 0.05) is 24.9 Å². The van der Waals surface area contributed by atoms with E-state index < -0.39 is 0 Å². The predicted molar refractivity (Wildman–Crippen MR) is 58.6 cm³/mol. The molecular weight excluding hydrogens is 200 g/mol. The standard InChI is InChI=1S/C9H18N2O2S/c1-7(14-2)3-11-9(12)6-13-8-4-10-5-8/h7-8,10H,3-6H2,1-2H3,(H,11,12). The van der Waals surface area contributed by atoms with Gasteiger partial charge in [0.2, 0.25) is 5.91 Å². The summed E-state index contributed by atoms with van der Waals surface area (Å²) < 4.78 is 5.32. The van der Waals surface area contributed by atoms with Crippen LogP contribution in [-0.4, -0.2) is 49.8 Å². The number of carbonyl (C=O) groups excluding carboxylic acids is 1. The van der Waals surface area contributed by atoms with Crippen molar-refractivity contribution in [1.82, 2.24) is 10.6 Å². The van der Waals surface area contributed by atoms with Gasteiger partial charge in [-0.25, -0.2) is 0 Å². The number of nitrogens with one attached hydrogen (secondary N) is 2. The van der Waals surface area contributed by atoms with E-state index >= 15 is 0 Å². The highest BCUT2D eigenvalue weighted by Gasteiger charge is 2.18. The van der Waals surface area contributed by atoms with Gasteiger partial charge < -0.3 is 15.4 Å². The van der Waals surface area contributed by atoms with Crippen molar-refractivity contribution in [3.05, 3.63) is 0 Å². The van der Waals surface area contributed by atoms with E-state index in [1.54, 1.807) is 11.8 Å². The van der Waals surface area contributed by atoms with Crippen molar-refractivity contribution in [2.24, 2.45) is 0 Å². The number of hydrogen-bond acceptors (Lipinski definition) is 4. The van der Waals surface area contributed by atoms with Crippen LogP contribution in [0.1, 0.15) is 6.92 Å². The monoisotopic (exact) mass is 218 g/mol. The second-order valence-electron chi connectivity index (χ2n) is 3.44. The Morgan fingerprint density at radius 2 is 2.43 bits per heavy atom. The zero-order valence-electron chi connectivity index (χ0n) is 8.71. The third-order valence-corrected chi connectivity index (χ3v) is 3.15. The molecule has 0 aromatic rings. The highest BCUT2D eigenvalue weighted by Crippen LogP contribution is 2.02. The SMILES string of the molecule is CSC(C)CNC(=O)COC1CNC1. The lowest BCUT2D eigenvalue weighted by molar-refractivity contribution is -0.128. The lowest BCUT2D eigenvalue weighted by Gasteiger charge is -2.26. The van der Waals surface area contributed by atoms with E-state index in [0.717, 1.165) is 13.1 Å². The van der Waals surface area contributed by atoms with Gasteiger partial charge in [-0.15, -0.1) is 0 Å². The molecule has 1 amide bonds. The molecule has 4 nitrogen and oxygen atoms in total. The first-order valence-corrected chi connectivity index (χ1v) is 6.13. The molecule has 1 aliphatic heterocycles. The summed E-state index contributed by atoms with van der Waals surface area (Å²) in [5, 5.41) is 6.38. The number of thioether (sulfide) groups is 1. The van der Waals surface area contributed by atoms with Gasteiger partial charge in [0.05, 0.1) is 6.10 Å². The molecule has 14 heavy (non-hydrogen) atoms. The fourth-order valence-electron chi connectivity index (χ4n) is 0.966. The first-order chi connectivity index (χ1) is 6.72. The number of amides is 1. The van der Waals surface area contributed by atoms with E-state index in [-0.39, 0.29) is 18.6 Å². The summed E-state index contributed by atoms with van der Waals surface area (Å²) in [5.41, 5.74) is 0. The lowest BCUT2D eigenvalue weighted by Crippen LogP contribution is -2.49. The zero-order chi connectivity index (χ0) is 10.4. The Kier molecular flexibility index (Phi) is 5.29. The zero-order valence-corrected chi connectivity index (χ0v) is 9.52. The highest BCUT2D eigenvalue weighted by molar-refractivity contribution is 7.99. The van der Waals surface area contributed by atoms with Crippen molar-refractivity contribution in [3.63, 3.8) is 0 Å². The molecule has 1 unspecified atom stereocenters. The van der Waals surface area contributed by atoms with E-state index in [2.05, 4.69) is 17.6 Å². The number of carbonyl (C=O) groups is 1. The molecule has 0 radical (unpaired) electrons. The van der Waals surface area contributed by atoms with E-state index in [1.807, 2.05) is 6.26 Å². The fourth-order valence-corrected chi connectivity index (χ4v) is 1.22. The number of ether oxygens (including phenoxy) is 1. The third-order valence-electron chi connectivity index (χ3n) is 2.18. The summed E-state index contributed by atoms with van der Waals surface area (Å²) in [6.07, 6.45) is 2.27. The predicted octanol–water partition coefficient (Wildman–Crippen LogP) is -0.157. The highest BCUT2D eigenvalue weighted by atomic mass is 32.2. The third kappa shape index (κ3) is 4.30. The van der Waals surface area contributed by atoms with Crippen LogP contribution >= 0.6 is 11.8 Å². The normalized spacial score (nSPS) is 18.7. The molecule has 5 heteroatoms. The molecule has 1 fully saturated rings. The molecule has 1 heterocycles. The van der Waals surface area contributed by atoms with E-state index in [9.17, 15) is 4.79 Å². The van der Waals surface area contributed by atoms with Crippen molar-refractivity contribution in [2.75, 3.05) is 32.5 Å². The Morgan fingerprint density at radius 3 is 2.93 bits per heavy atom. The van der Waals surface area contributed by atoms with Gasteiger partial charge in [-0.1, -0.05) is 6.92 Å². The van der Waals surface area contributed by atoms with Crippen LogP contribution in [0.3, 0.4) is 0 Å². The summed E-state index contributed by atoms with van der Waals surface area (Å²) in [7, 11) is 0. The second-order valence-corrected chi connectivity index (χ2v) is 4.72. The van der Waals surface area contributed by atoms with Crippen LogP contribution in [0.5, 0.6) is 0 Å². The minimum Gasteiger partial charge on any atom is -0.366 e. The molecule has 82 valence electrons. The summed E-state index contributed by atoms with van der Waals surface area (Å²) in [5.74, 6) is -0.0159. The molecule has 0 aromatic carbocycles. The van der Waals surface area contributed by atoms with Gasteiger partial charge in [-0.05, 0) is 6.26 Å². The molecule has 0 aromatic heterocycles. The summed E-state index contributed by atoms with van der Waals surface area (Å²) in [6.45, 7) is 4.73. The van der Waals surface area contributed by atoms with Gasteiger partial charge in [0.25, 0.3) is 0 Å². The van der Waals surface area contributed by atoms with Gasteiger partial charge in [0.1, 0.15) is 6.61 Å². The first kappa shape index (κ1) is 11.8. The van der Waals surface area contributed by atoms with Crippen LogP contribution in [-0.2, 0) is 9.53 Å². The van der Waals surface area contributed by atoms with Crippen molar-refractivity contribution in [2.45, 2.75) is 18.3 Å². The van der Waals surface area contributed by atoms with Gasteiger partial charge in [-0.2, -0.15) is 11.8 Å². The Hall–Kier alpha value is -0.260. The molecule has 0 bridgehead atoms. The number of rotatable bonds is 6. The molecular formula is C9H18N2O2S. The van der Waals surface area contributed by atoms with Crippen LogP contribution in [0.15, 0.2) is 0 Å². The smallest absolute Gasteiger partial charge is 0.246 e. The van der Waals surface area contributed by atoms with Gasteiger partial charge in [-0.3, -0.25) is 4.79 Å². The van der Waals surface area contributed by atoms with Gasteiger partial charge in [0.15, 0.2) is 0 Å². The van der Waals surface area contributed by atoms with E-state index in [0.29, 0.717) is 11.8 Å². The number of hydrogen-bond donors (Lipinski definition) is 2. The topological polar surface area (TPSA) is 50.4 Å². The van der Waals surface area contributed by atoms with Crippen LogP contribution < -0.4 is 10.6 Å². The Balaban J connectivity index is 1.97. The average Bonchev–Trinajstić information content (AvgIpc) is 2.11. The van der Waals surface area contributed by atoms with Crippen molar-refractivity contribution in [1.29, 1.82) is 0 Å². The van der Waals surface area contributed by atoms with Crippen LogP contribution in [0.2, 0.25) is 0 Å². The summed E-state index contributed by atoms with van der Waals surface area (Å²) >= 11 is 1.74. The maximum Gasteiger partial charge on any atom is 0.246 e. The Labute approximate surface area is 89.2 Å². The maximum absolute atomic E-state index is 11.2.